The molecule has 0 aromatic heterocycles. The minimum Gasteiger partial charge on any atom is -0.382 e. The van der Waals surface area contributed by atoms with Gasteiger partial charge in [-0.2, -0.15) is 0 Å². The van der Waals surface area contributed by atoms with Crippen LogP contribution in [-0.4, -0.2) is 17.0 Å². The van der Waals surface area contributed by atoms with Gasteiger partial charge in [0, 0.05) is 13.2 Å². The highest BCUT2D eigenvalue weighted by atomic mass is 35.6. The maximum atomic E-state index is 5.54. The Balaban J connectivity index is 3.02. The van der Waals surface area contributed by atoms with Gasteiger partial charge in [0.25, 0.3) is 0 Å². The molecule has 4 heteroatoms. The zero-order valence-corrected chi connectivity index (χ0v) is 8.85. The van der Waals surface area contributed by atoms with E-state index >= 15 is 0 Å². The number of halogens is 3. The molecule has 0 fully saturated rings. The molecule has 0 bridgehead atoms. The third-order valence-electron chi connectivity index (χ3n) is 1.20. The first-order valence-corrected chi connectivity index (χ1v) is 4.84. The molecule has 0 aliphatic rings. The van der Waals surface area contributed by atoms with Crippen LogP contribution in [0.25, 0.3) is 0 Å². The van der Waals surface area contributed by atoms with Crippen LogP contribution in [0.1, 0.15) is 26.2 Å². The van der Waals surface area contributed by atoms with Gasteiger partial charge < -0.3 is 4.74 Å². The van der Waals surface area contributed by atoms with E-state index in [4.69, 9.17) is 39.5 Å². The number of unbranched alkanes of at least 4 members (excludes halogenated alkanes) is 1. The number of alkyl halides is 3. The largest absolute Gasteiger partial charge is 0.382 e. The van der Waals surface area contributed by atoms with E-state index in [2.05, 4.69) is 0 Å². The SMILES string of the molecule is CCOCCCCC(Cl)(Cl)Cl. The van der Waals surface area contributed by atoms with Crippen molar-refractivity contribution >= 4 is 34.8 Å². The molecule has 0 amide bonds. The Labute approximate surface area is 83.0 Å². The molecule has 0 saturated carbocycles. The Morgan fingerprint density at radius 2 is 1.82 bits per heavy atom. The highest BCUT2D eigenvalue weighted by Crippen LogP contribution is 2.31. The molecule has 0 aromatic rings. The molecule has 0 aromatic carbocycles. The maximum Gasteiger partial charge on any atom is 0.190 e. The first-order valence-electron chi connectivity index (χ1n) is 3.70. The summed E-state index contributed by atoms with van der Waals surface area (Å²) in [6.45, 7) is 3.49. The summed E-state index contributed by atoms with van der Waals surface area (Å²) in [6.07, 6.45) is 2.46. The van der Waals surface area contributed by atoms with Crippen LogP contribution in [0.5, 0.6) is 0 Å². The van der Waals surface area contributed by atoms with E-state index in [0.717, 1.165) is 26.1 Å². The van der Waals surface area contributed by atoms with Crippen molar-refractivity contribution < 1.29 is 4.74 Å². The van der Waals surface area contributed by atoms with E-state index in [1.807, 2.05) is 6.92 Å². The third-order valence-corrected chi connectivity index (χ3v) is 1.77. The topological polar surface area (TPSA) is 9.23 Å². The van der Waals surface area contributed by atoms with Crippen LogP contribution in [-0.2, 0) is 4.74 Å². The van der Waals surface area contributed by atoms with Crippen LogP contribution in [0.2, 0.25) is 0 Å². The Morgan fingerprint density at radius 1 is 1.18 bits per heavy atom. The summed E-state index contributed by atoms with van der Waals surface area (Å²) >= 11 is 16.6. The molecule has 11 heavy (non-hydrogen) atoms. The average Bonchev–Trinajstić information content (AvgIpc) is 1.85. The van der Waals surface area contributed by atoms with Gasteiger partial charge in [0.05, 0.1) is 0 Å². The normalized spacial score (nSPS) is 12.0. The third kappa shape index (κ3) is 10.8. The molecule has 1 nitrogen and oxygen atoms in total. The molecular formula is C7H13Cl3O. The van der Waals surface area contributed by atoms with Crippen molar-refractivity contribution in [2.75, 3.05) is 13.2 Å². The minimum absolute atomic E-state index is 0.602. The molecule has 0 heterocycles. The molecule has 68 valence electrons. The molecule has 0 radical (unpaired) electrons. The summed E-state index contributed by atoms with van der Waals surface area (Å²) in [6, 6.07) is 0. The van der Waals surface area contributed by atoms with Gasteiger partial charge >= 0.3 is 0 Å². The second-order valence-corrected chi connectivity index (χ2v) is 4.79. The summed E-state index contributed by atoms with van der Waals surface area (Å²) in [5, 5.41) is 0. The van der Waals surface area contributed by atoms with Gasteiger partial charge in [-0.15, -0.1) is 0 Å². The maximum absolute atomic E-state index is 5.54. The van der Waals surface area contributed by atoms with Crippen LogP contribution in [0.15, 0.2) is 0 Å². The molecule has 0 N–H and O–H groups in total. The van der Waals surface area contributed by atoms with Crippen molar-refractivity contribution in [3.63, 3.8) is 0 Å². The van der Waals surface area contributed by atoms with Crippen LogP contribution in [0.4, 0.5) is 0 Å². The monoisotopic (exact) mass is 218 g/mol. The van der Waals surface area contributed by atoms with Gasteiger partial charge in [-0.25, -0.2) is 0 Å². The molecule has 0 atom stereocenters. The lowest BCUT2D eigenvalue weighted by Gasteiger charge is -2.09. The van der Waals surface area contributed by atoms with Gasteiger partial charge in [-0.1, -0.05) is 34.8 Å². The van der Waals surface area contributed by atoms with Gasteiger partial charge in [0.2, 0.25) is 0 Å². The standard InChI is InChI=1S/C7H13Cl3O/c1-2-11-6-4-3-5-7(8,9)10/h2-6H2,1H3. The highest BCUT2D eigenvalue weighted by Gasteiger charge is 2.17. The van der Waals surface area contributed by atoms with E-state index < -0.39 is 3.79 Å². The highest BCUT2D eigenvalue weighted by molar-refractivity contribution is 6.67. The molecule has 0 unspecified atom stereocenters. The summed E-state index contributed by atoms with van der Waals surface area (Å²) in [5.41, 5.74) is 0. The quantitative estimate of drug-likeness (QED) is 0.507. The molecule has 0 spiro atoms. The van der Waals surface area contributed by atoms with Crippen LogP contribution in [0, 0.1) is 0 Å². The smallest absolute Gasteiger partial charge is 0.190 e. The first-order chi connectivity index (χ1) is 5.06. The number of rotatable bonds is 5. The van der Waals surface area contributed by atoms with Crippen molar-refractivity contribution in [1.82, 2.24) is 0 Å². The predicted molar refractivity (Wildman–Crippen MR) is 50.6 cm³/mol. The Morgan fingerprint density at radius 3 is 2.27 bits per heavy atom. The van der Waals surface area contributed by atoms with Crippen LogP contribution >= 0.6 is 34.8 Å². The lowest BCUT2D eigenvalue weighted by molar-refractivity contribution is 0.143. The van der Waals surface area contributed by atoms with Gasteiger partial charge in [-0.3, -0.25) is 0 Å². The molecule has 0 aliphatic carbocycles. The van der Waals surface area contributed by atoms with Crippen molar-refractivity contribution in [1.29, 1.82) is 0 Å². The van der Waals surface area contributed by atoms with E-state index in [0.29, 0.717) is 6.42 Å². The second kappa shape index (κ2) is 6.36. The van der Waals surface area contributed by atoms with Crippen molar-refractivity contribution in [3.05, 3.63) is 0 Å². The lowest BCUT2D eigenvalue weighted by atomic mass is 10.3. The van der Waals surface area contributed by atoms with E-state index in [1.165, 1.54) is 0 Å². The van der Waals surface area contributed by atoms with Crippen molar-refractivity contribution in [2.24, 2.45) is 0 Å². The first kappa shape index (κ1) is 11.8. The molecule has 0 aliphatic heterocycles. The predicted octanol–water partition coefficient (Wildman–Crippen LogP) is 3.56. The number of ether oxygens (including phenoxy) is 1. The van der Waals surface area contributed by atoms with Crippen LogP contribution < -0.4 is 0 Å². The average molecular weight is 220 g/mol. The molecule has 0 saturated heterocycles. The van der Waals surface area contributed by atoms with Gasteiger partial charge in [0.15, 0.2) is 3.79 Å². The Bertz CT molecular complexity index is 90.2. The fourth-order valence-corrected chi connectivity index (χ4v) is 1.07. The summed E-state index contributed by atoms with van der Waals surface area (Å²) in [7, 11) is 0. The summed E-state index contributed by atoms with van der Waals surface area (Å²) in [4.78, 5) is 0. The Hall–Kier alpha value is 0.830. The summed E-state index contributed by atoms with van der Waals surface area (Å²) < 4.78 is 4.03. The van der Waals surface area contributed by atoms with E-state index in [9.17, 15) is 0 Å². The Kier molecular flexibility index (Phi) is 6.84. The van der Waals surface area contributed by atoms with E-state index in [-0.39, 0.29) is 0 Å². The fourth-order valence-electron chi connectivity index (χ4n) is 0.674. The van der Waals surface area contributed by atoms with E-state index in [1.54, 1.807) is 0 Å². The lowest BCUT2D eigenvalue weighted by Crippen LogP contribution is -2.02. The number of hydrogen-bond donors (Lipinski definition) is 0. The second-order valence-electron chi connectivity index (χ2n) is 2.27. The zero-order chi connectivity index (χ0) is 8.74. The van der Waals surface area contributed by atoms with Gasteiger partial charge in [-0.05, 0) is 26.2 Å². The summed E-state index contributed by atoms with van der Waals surface area (Å²) in [5.74, 6) is 0. The van der Waals surface area contributed by atoms with Gasteiger partial charge in [0.1, 0.15) is 0 Å². The minimum atomic E-state index is -1.09. The molecular weight excluding hydrogens is 206 g/mol. The fraction of sp³-hybridized carbons (Fsp3) is 1.00. The number of hydrogen-bond acceptors (Lipinski definition) is 1. The van der Waals surface area contributed by atoms with Crippen molar-refractivity contribution in [2.45, 2.75) is 30.0 Å². The molecule has 0 rings (SSSR count). The van der Waals surface area contributed by atoms with Crippen LogP contribution in [0.3, 0.4) is 0 Å². The zero-order valence-electron chi connectivity index (χ0n) is 6.58. The van der Waals surface area contributed by atoms with Crippen molar-refractivity contribution in [3.8, 4) is 0 Å².